The van der Waals surface area contributed by atoms with Gasteiger partial charge in [-0.25, -0.2) is 4.98 Å². The quantitative estimate of drug-likeness (QED) is 0.877. The fourth-order valence-electron chi connectivity index (χ4n) is 1.80. The molecule has 2 aromatic heterocycles. The molecule has 0 radical (unpaired) electrons. The van der Waals surface area contributed by atoms with Gasteiger partial charge >= 0.3 is 0 Å². The van der Waals surface area contributed by atoms with Crippen molar-refractivity contribution in [3.05, 3.63) is 38.8 Å². The van der Waals surface area contributed by atoms with Crippen molar-refractivity contribution in [2.24, 2.45) is 7.05 Å². The summed E-state index contributed by atoms with van der Waals surface area (Å²) in [7, 11) is 1.94. The molecule has 0 aliphatic rings. The molecular weight excluding hydrogens is 316 g/mol. The molecule has 4 nitrogen and oxygen atoms in total. The van der Waals surface area contributed by atoms with E-state index >= 15 is 0 Å². The third kappa shape index (κ3) is 2.67. The van der Waals surface area contributed by atoms with E-state index in [4.69, 9.17) is 11.6 Å². The summed E-state index contributed by atoms with van der Waals surface area (Å²) in [6, 6.07) is 1.91. The second-order valence-electron chi connectivity index (χ2n) is 4.12. The van der Waals surface area contributed by atoms with Gasteiger partial charge in [-0.05, 0) is 35.8 Å². The maximum atomic E-state index is 6.03. The molecule has 18 heavy (non-hydrogen) atoms. The van der Waals surface area contributed by atoms with Gasteiger partial charge in [0.25, 0.3) is 0 Å². The molecule has 1 N–H and O–H groups in total. The Morgan fingerprint density at radius 1 is 1.44 bits per heavy atom. The predicted molar refractivity (Wildman–Crippen MR) is 77.0 cm³/mol. The van der Waals surface area contributed by atoms with E-state index < -0.39 is 0 Å². The van der Waals surface area contributed by atoms with Crippen molar-refractivity contribution in [3.8, 4) is 0 Å². The Bertz CT molecular complexity index is 580. The first-order valence-electron chi connectivity index (χ1n) is 5.53. The van der Waals surface area contributed by atoms with Crippen LogP contribution in [0.15, 0.2) is 16.7 Å². The molecule has 2 aromatic rings. The highest BCUT2D eigenvalue weighted by molar-refractivity contribution is 9.10. The van der Waals surface area contributed by atoms with Crippen LogP contribution in [0, 0.1) is 13.8 Å². The largest absolute Gasteiger partial charge is 0.378 e. The Hall–Kier alpha value is -1.07. The highest BCUT2D eigenvalue weighted by atomic mass is 79.9. The summed E-state index contributed by atoms with van der Waals surface area (Å²) in [4.78, 5) is 4.08. The van der Waals surface area contributed by atoms with Gasteiger partial charge in [0.1, 0.15) is 0 Å². The Morgan fingerprint density at radius 2 is 2.17 bits per heavy atom. The molecule has 0 bridgehead atoms. The number of nitrogens with one attached hydrogen (secondary N) is 1. The van der Waals surface area contributed by atoms with Crippen LogP contribution < -0.4 is 5.32 Å². The minimum atomic E-state index is 0.470. The predicted octanol–water partition coefficient (Wildman–Crippen LogP) is 3.46. The summed E-state index contributed by atoms with van der Waals surface area (Å²) in [5.74, 6) is 0. The number of aryl methyl sites for hydroxylation is 2. The molecule has 0 atom stereocenters. The van der Waals surface area contributed by atoms with E-state index in [1.54, 1.807) is 6.20 Å². The molecule has 2 rings (SSSR count). The molecule has 0 fully saturated rings. The third-order valence-corrected chi connectivity index (χ3v) is 3.66. The molecule has 0 amide bonds. The van der Waals surface area contributed by atoms with E-state index in [9.17, 15) is 0 Å². The van der Waals surface area contributed by atoms with Gasteiger partial charge in [0.2, 0.25) is 0 Å². The summed E-state index contributed by atoms with van der Waals surface area (Å²) >= 11 is 9.41. The van der Waals surface area contributed by atoms with Crippen molar-refractivity contribution >= 4 is 33.2 Å². The SMILES string of the molecule is Cc1nn(C)c(C)c1CNc1cc(Br)cnc1Cl. The highest BCUT2D eigenvalue weighted by Gasteiger charge is 2.10. The normalized spacial score (nSPS) is 10.7. The van der Waals surface area contributed by atoms with Crippen LogP contribution in [0.2, 0.25) is 5.15 Å². The van der Waals surface area contributed by atoms with Crippen LogP contribution in [0.1, 0.15) is 17.0 Å². The average molecular weight is 330 g/mol. The maximum absolute atomic E-state index is 6.03. The molecule has 0 aromatic carbocycles. The Kier molecular flexibility index (Phi) is 3.92. The third-order valence-electron chi connectivity index (χ3n) is 2.92. The van der Waals surface area contributed by atoms with Crippen LogP contribution >= 0.6 is 27.5 Å². The molecule has 96 valence electrons. The molecular formula is C12H14BrClN4. The fourth-order valence-corrected chi connectivity index (χ4v) is 2.30. The molecule has 0 aliphatic carbocycles. The molecule has 0 spiro atoms. The second kappa shape index (κ2) is 5.28. The van der Waals surface area contributed by atoms with Crippen molar-refractivity contribution in [3.63, 3.8) is 0 Å². The number of nitrogens with zero attached hydrogens (tertiary/aromatic N) is 3. The van der Waals surface area contributed by atoms with Crippen molar-refractivity contribution < 1.29 is 0 Å². The van der Waals surface area contributed by atoms with Gasteiger partial charge in [-0.15, -0.1) is 0 Å². The summed E-state index contributed by atoms with van der Waals surface area (Å²) in [5.41, 5.74) is 4.18. The Morgan fingerprint density at radius 3 is 2.78 bits per heavy atom. The number of hydrogen-bond donors (Lipinski definition) is 1. The van der Waals surface area contributed by atoms with E-state index in [1.165, 1.54) is 5.56 Å². The molecule has 6 heteroatoms. The van der Waals surface area contributed by atoms with Crippen LogP contribution in [-0.4, -0.2) is 14.8 Å². The van der Waals surface area contributed by atoms with Crippen molar-refractivity contribution in [2.75, 3.05) is 5.32 Å². The topological polar surface area (TPSA) is 42.7 Å². The minimum Gasteiger partial charge on any atom is -0.378 e. The summed E-state index contributed by atoms with van der Waals surface area (Å²) in [6.45, 7) is 4.74. The average Bonchev–Trinajstić information content (AvgIpc) is 2.55. The Balaban J connectivity index is 2.19. The van der Waals surface area contributed by atoms with Crippen LogP contribution in [0.3, 0.4) is 0 Å². The van der Waals surface area contributed by atoms with Gasteiger partial charge in [-0.2, -0.15) is 5.10 Å². The first-order chi connectivity index (χ1) is 8.49. The van der Waals surface area contributed by atoms with Gasteiger partial charge in [-0.1, -0.05) is 11.6 Å². The lowest BCUT2D eigenvalue weighted by Gasteiger charge is -2.08. The van der Waals surface area contributed by atoms with Crippen LogP contribution in [0.25, 0.3) is 0 Å². The van der Waals surface area contributed by atoms with Gasteiger partial charge in [0.05, 0.1) is 11.4 Å². The smallest absolute Gasteiger partial charge is 0.152 e. The standard InChI is InChI=1S/C12H14BrClN4/c1-7-10(8(2)18(3)17-7)6-15-11-4-9(13)5-16-12(11)14/h4-5,15H,6H2,1-3H3. The highest BCUT2D eigenvalue weighted by Crippen LogP contribution is 2.24. The lowest BCUT2D eigenvalue weighted by Crippen LogP contribution is -2.03. The zero-order chi connectivity index (χ0) is 13.3. The number of hydrogen-bond acceptors (Lipinski definition) is 3. The van der Waals surface area contributed by atoms with Crippen molar-refractivity contribution in [1.82, 2.24) is 14.8 Å². The van der Waals surface area contributed by atoms with E-state index in [0.717, 1.165) is 21.5 Å². The molecule has 0 saturated carbocycles. The zero-order valence-corrected chi connectivity index (χ0v) is 12.8. The molecule has 0 aliphatic heterocycles. The Labute approximate surface area is 119 Å². The van der Waals surface area contributed by atoms with E-state index in [2.05, 4.69) is 38.3 Å². The van der Waals surface area contributed by atoms with Crippen LogP contribution in [-0.2, 0) is 13.6 Å². The van der Waals surface area contributed by atoms with E-state index in [1.807, 2.05) is 24.7 Å². The summed E-state index contributed by atoms with van der Waals surface area (Å²) < 4.78 is 2.78. The van der Waals surface area contributed by atoms with Crippen LogP contribution in [0.4, 0.5) is 5.69 Å². The number of aromatic nitrogens is 3. The maximum Gasteiger partial charge on any atom is 0.152 e. The number of rotatable bonds is 3. The van der Waals surface area contributed by atoms with Gasteiger partial charge in [-0.3, -0.25) is 4.68 Å². The second-order valence-corrected chi connectivity index (χ2v) is 5.39. The molecule has 0 unspecified atom stereocenters. The lowest BCUT2D eigenvalue weighted by molar-refractivity contribution is 0.730. The van der Waals surface area contributed by atoms with Gasteiger partial charge in [0, 0.05) is 35.5 Å². The minimum absolute atomic E-state index is 0.470. The summed E-state index contributed by atoms with van der Waals surface area (Å²) in [6.07, 6.45) is 1.67. The first kappa shape index (κ1) is 13.4. The van der Waals surface area contributed by atoms with Gasteiger partial charge < -0.3 is 5.32 Å². The number of pyridine rings is 1. The van der Waals surface area contributed by atoms with E-state index in [0.29, 0.717) is 11.7 Å². The van der Waals surface area contributed by atoms with Crippen molar-refractivity contribution in [1.29, 1.82) is 0 Å². The number of halogens is 2. The zero-order valence-electron chi connectivity index (χ0n) is 10.5. The van der Waals surface area contributed by atoms with Crippen molar-refractivity contribution in [2.45, 2.75) is 20.4 Å². The molecule has 2 heterocycles. The monoisotopic (exact) mass is 328 g/mol. The summed E-state index contributed by atoms with van der Waals surface area (Å²) in [5, 5.41) is 8.14. The molecule has 0 saturated heterocycles. The number of anilines is 1. The van der Waals surface area contributed by atoms with E-state index in [-0.39, 0.29) is 0 Å². The fraction of sp³-hybridized carbons (Fsp3) is 0.333. The first-order valence-corrected chi connectivity index (χ1v) is 6.70. The van der Waals surface area contributed by atoms with Gasteiger partial charge in [0.15, 0.2) is 5.15 Å². The van der Waals surface area contributed by atoms with Crippen LogP contribution in [0.5, 0.6) is 0 Å². The lowest BCUT2D eigenvalue weighted by atomic mass is 10.2.